The van der Waals surface area contributed by atoms with Crippen LogP contribution in [0.5, 0.6) is 11.5 Å². The topological polar surface area (TPSA) is 72.9 Å². The monoisotopic (exact) mass is 409 g/mol. The summed E-state index contributed by atoms with van der Waals surface area (Å²) in [5.74, 6) is 1.09. The van der Waals surface area contributed by atoms with E-state index in [4.69, 9.17) is 9.47 Å². The van der Waals surface area contributed by atoms with Gasteiger partial charge >= 0.3 is 0 Å². The minimum absolute atomic E-state index is 0.00671. The molecule has 146 valence electrons. The maximum atomic E-state index is 12.7. The Morgan fingerprint density at radius 2 is 1.96 bits per heavy atom. The Hall–Kier alpha value is -2.06. The molecule has 0 spiro atoms. The highest BCUT2D eigenvalue weighted by Gasteiger charge is 2.33. The Labute approximate surface area is 163 Å². The van der Waals surface area contributed by atoms with Crippen LogP contribution < -0.4 is 9.47 Å². The Balaban J connectivity index is 1.71. The number of carbonyl (C=O) groups is 1. The third kappa shape index (κ3) is 4.44. The molecular formula is C19H23NO5S2. The van der Waals surface area contributed by atoms with Crippen LogP contribution in [0.4, 0.5) is 0 Å². The minimum atomic E-state index is -3.26. The predicted octanol–water partition coefficient (Wildman–Crippen LogP) is 2.70. The van der Waals surface area contributed by atoms with Gasteiger partial charge < -0.3 is 14.4 Å². The third-order valence-electron chi connectivity index (χ3n) is 4.76. The van der Waals surface area contributed by atoms with E-state index in [0.717, 1.165) is 10.4 Å². The first-order chi connectivity index (χ1) is 12.9. The summed E-state index contributed by atoms with van der Waals surface area (Å²) in [6, 6.07) is 9.08. The number of carbonyl (C=O) groups excluding carboxylic acids is 1. The van der Waals surface area contributed by atoms with Crippen LogP contribution in [-0.4, -0.2) is 52.3 Å². The number of hydrogen-bond donors (Lipinski definition) is 0. The van der Waals surface area contributed by atoms with Crippen molar-refractivity contribution in [2.24, 2.45) is 0 Å². The summed E-state index contributed by atoms with van der Waals surface area (Å²) < 4.78 is 35.7. The molecule has 1 amide bonds. The number of methoxy groups -OCH3 is 2. The van der Waals surface area contributed by atoms with Gasteiger partial charge in [-0.25, -0.2) is 8.42 Å². The van der Waals surface area contributed by atoms with E-state index in [1.54, 1.807) is 31.3 Å². The number of benzene rings is 1. The molecule has 0 aliphatic carbocycles. The Bertz CT molecular complexity index is 893. The van der Waals surface area contributed by atoms with Crippen molar-refractivity contribution in [3.63, 3.8) is 0 Å². The summed E-state index contributed by atoms with van der Waals surface area (Å²) in [5.41, 5.74) is 0.805. The number of ether oxygens (including phenoxy) is 2. The largest absolute Gasteiger partial charge is 0.493 e. The average molecular weight is 410 g/mol. The second-order valence-electron chi connectivity index (χ2n) is 6.41. The van der Waals surface area contributed by atoms with Crippen molar-refractivity contribution in [3.05, 3.63) is 46.2 Å². The Morgan fingerprint density at radius 3 is 2.63 bits per heavy atom. The van der Waals surface area contributed by atoms with Gasteiger partial charge in [0.1, 0.15) is 0 Å². The molecular weight excluding hydrogens is 386 g/mol. The predicted molar refractivity (Wildman–Crippen MR) is 105 cm³/mol. The van der Waals surface area contributed by atoms with Gasteiger partial charge in [0.15, 0.2) is 21.3 Å². The van der Waals surface area contributed by atoms with Crippen LogP contribution in [-0.2, 0) is 21.1 Å². The van der Waals surface area contributed by atoms with Gasteiger partial charge in [-0.3, -0.25) is 4.79 Å². The maximum absolute atomic E-state index is 12.7. The van der Waals surface area contributed by atoms with E-state index in [9.17, 15) is 13.2 Å². The fourth-order valence-corrected chi connectivity index (χ4v) is 6.27. The molecule has 1 aliphatic rings. The molecule has 2 heterocycles. The van der Waals surface area contributed by atoms with E-state index in [-0.39, 0.29) is 24.6 Å². The zero-order valence-electron chi connectivity index (χ0n) is 15.4. The molecule has 0 radical (unpaired) electrons. The molecule has 1 aromatic carbocycles. The Morgan fingerprint density at radius 1 is 1.19 bits per heavy atom. The average Bonchev–Trinajstić information content (AvgIpc) is 3.12. The summed E-state index contributed by atoms with van der Waals surface area (Å²) >= 11 is 1.45. The lowest BCUT2D eigenvalue weighted by Gasteiger charge is -2.20. The van der Waals surface area contributed by atoms with Crippen LogP contribution in [0.25, 0.3) is 0 Å². The number of rotatable bonds is 5. The zero-order valence-corrected chi connectivity index (χ0v) is 17.0. The van der Waals surface area contributed by atoms with E-state index >= 15 is 0 Å². The number of hydrogen-bond acceptors (Lipinski definition) is 6. The van der Waals surface area contributed by atoms with Gasteiger partial charge in [-0.1, -0.05) is 12.1 Å². The highest BCUT2D eigenvalue weighted by Crippen LogP contribution is 2.33. The van der Waals surface area contributed by atoms with Crippen LogP contribution in [0.2, 0.25) is 0 Å². The van der Waals surface area contributed by atoms with Gasteiger partial charge in [-0.2, -0.15) is 0 Å². The summed E-state index contributed by atoms with van der Waals surface area (Å²) in [6.07, 6.45) is 0.630. The first kappa shape index (κ1) is 19.7. The molecule has 6 nitrogen and oxygen atoms in total. The second kappa shape index (κ2) is 8.31. The van der Waals surface area contributed by atoms with Crippen molar-refractivity contribution in [2.45, 2.75) is 18.1 Å². The standard InChI is InChI=1S/C19H23NO5S2/c1-24-15-6-5-14(12-16(15)25-2)13-19(21)20-8-7-18(17-4-3-10-26-17)27(22,23)11-9-20/h3-6,10,12,18H,7-9,11,13H2,1-2H3/t18-/m1/s1. The highest BCUT2D eigenvalue weighted by atomic mass is 32.2. The van der Waals surface area contributed by atoms with Crippen molar-refractivity contribution >= 4 is 27.1 Å². The molecule has 0 bridgehead atoms. The van der Waals surface area contributed by atoms with Crippen LogP contribution in [0, 0.1) is 0 Å². The molecule has 0 unspecified atom stereocenters. The molecule has 0 N–H and O–H groups in total. The molecule has 1 aliphatic heterocycles. The normalized spacial score (nSPS) is 19.3. The summed E-state index contributed by atoms with van der Waals surface area (Å²) in [5, 5.41) is 1.37. The van der Waals surface area contributed by atoms with Crippen LogP contribution >= 0.6 is 11.3 Å². The third-order valence-corrected chi connectivity index (χ3v) is 8.00. The van der Waals surface area contributed by atoms with Gasteiger partial charge in [0.25, 0.3) is 0 Å². The molecule has 2 aromatic rings. The first-order valence-electron chi connectivity index (χ1n) is 8.68. The fourth-order valence-electron chi connectivity index (χ4n) is 3.26. The maximum Gasteiger partial charge on any atom is 0.227 e. The summed E-state index contributed by atoms with van der Waals surface area (Å²) in [7, 11) is -0.153. The van der Waals surface area contributed by atoms with E-state index < -0.39 is 15.1 Å². The number of nitrogens with zero attached hydrogens (tertiary/aromatic N) is 1. The first-order valence-corrected chi connectivity index (χ1v) is 11.3. The molecule has 27 heavy (non-hydrogen) atoms. The molecule has 0 saturated carbocycles. The SMILES string of the molecule is COc1ccc(CC(=O)N2CC[C@H](c3cccs3)S(=O)(=O)CC2)cc1OC. The van der Waals surface area contributed by atoms with Crippen molar-refractivity contribution in [1.82, 2.24) is 4.90 Å². The molecule has 8 heteroatoms. The lowest BCUT2D eigenvalue weighted by atomic mass is 10.1. The summed E-state index contributed by atoms with van der Waals surface area (Å²) in [6.45, 7) is 0.671. The van der Waals surface area contributed by atoms with Crippen LogP contribution in [0.3, 0.4) is 0 Å². The van der Waals surface area contributed by atoms with Gasteiger partial charge in [0, 0.05) is 18.0 Å². The van der Waals surface area contributed by atoms with Gasteiger partial charge in [0.2, 0.25) is 5.91 Å². The lowest BCUT2D eigenvalue weighted by molar-refractivity contribution is -0.130. The molecule has 1 aromatic heterocycles. The molecule has 1 atom stereocenters. The van der Waals surface area contributed by atoms with Crippen LogP contribution in [0.1, 0.15) is 22.1 Å². The zero-order chi connectivity index (χ0) is 19.4. The number of thiophene rings is 1. The summed E-state index contributed by atoms with van der Waals surface area (Å²) in [4.78, 5) is 15.2. The second-order valence-corrected chi connectivity index (χ2v) is 9.69. The van der Waals surface area contributed by atoms with E-state index in [1.165, 1.54) is 11.3 Å². The molecule has 3 rings (SSSR count). The van der Waals surface area contributed by atoms with E-state index in [2.05, 4.69) is 0 Å². The number of amides is 1. The van der Waals surface area contributed by atoms with E-state index in [0.29, 0.717) is 24.5 Å². The van der Waals surface area contributed by atoms with E-state index in [1.807, 2.05) is 23.6 Å². The Kier molecular flexibility index (Phi) is 6.06. The number of sulfone groups is 1. The minimum Gasteiger partial charge on any atom is -0.493 e. The van der Waals surface area contributed by atoms with Crippen molar-refractivity contribution in [3.8, 4) is 11.5 Å². The molecule has 1 fully saturated rings. The van der Waals surface area contributed by atoms with Gasteiger partial charge in [-0.15, -0.1) is 11.3 Å². The van der Waals surface area contributed by atoms with Crippen LogP contribution in [0.15, 0.2) is 35.7 Å². The van der Waals surface area contributed by atoms with Gasteiger partial charge in [0.05, 0.1) is 31.6 Å². The smallest absolute Gasteiger partial charge is 0.227 e. The highest BCUT2D eigenvalue weighted by molar-refractivity contribution is 7.91. The quantitative estimate of drug-likeness (QED) is 0.759. The molecule has 1 saturated heterocycles. The van der Waals surface area contributed by atoms with Crippen molar-refractivity contribution in [1.29, 1.82) is 0 Å². The van der Waals surface area contributed by atoms with Crippen molar-refractivity contribution < 1.29 is 22.7 Å². The van der Waals surface area contributed by atoms with Gasteiger partial charge in [-0.05, 0) is 35.6 Å². The lowest BCUT2D eigenvalue weighted by Crippen LogP contribution is -2.34. The van der Waals surface area contributed by atoms with Crippen molar-refractivity contribution in [2.75, 3.05) is 33.1 Å². The fraction of sp³-hybridized carbons (Fsp3) is 0.421.